The number of aryl methyl sites for hydroxylation is 3. The van der Waals surface area contributed by atoms with Crippen molar-refractivity contribution in [2.75, 3.05) is 7.11 Å². The maximum absolute atomic E-state index is 11.4. The smallest absolute Gasteiger partial charge is 0.305 e. The molecule has 1 heterocycles. The molecule has 0 fully saturated rings. The second kappa shape index (κ2) is 4.37. The lowest BCUT2D eigenvalue weighted by molar-refractivity contribution is 0.414. The maximum atomic E-state index is 11.4. The van der Waals surface area contributed by atoms with Gasteiger partial charge in [0.05, 0.1) is 12.8 Å². The SMILES string of the molecule is COc1cc(C)c(-c2[nH]c(=O)sc2C)c(C)c1. The fourth-order valence-corrected chi connectivity index (χ4v) is 2.77. The minimum atomic E-state index is -0.00730. The van der Waals surface area contributed by atoms with Gasteiger partial charge in [0.1, 0.15) is 5.75 Å². The van der Waals surface area contributed by atoms with Gasteiger partial charge in [0, 0.05) is 10.4 Å². The van der Waals surface area contributed by atoms with Gasteiger partial charge in [0.15, 0.2) is 0 Å². The van der Waals surface area contributed by atoms with Crippen LogP contribution in [-0.2, 0) is 0 Å². The molecule has 1 aromatic heterocycles. The highest BCUT2D eigenvalue weighted by molar-refractivity contribution is 7.09. The number of aromatic nitrogens is 1. The number of methoxy groups -OCH3 is 1. The van der Waals surface area contributed by atoms with Crippen LogP contribution in [0.4, 0.5) is 0 Å². The number of benzene rings is 1. The van der Waals surface area contributed by atoms with Crippen LogP contribution in [0.3, 0.4) is 0 Å². The van der Waals surface area contributed by atoms with E-state index in [0.717, 1.165) is 33.0 Å². The molecule has 0 saturated carbocycles. The summed E-state index contributed by atoms with van der Waals surface area (Å²) < 4.78 is 5.23. The Kier molecular flexibility index (Phi) is 3.07. The van der Waals surface area contributed by atoms with Gasteiger partial charge in [0.25, 0.3) is 0 Å². The number of aromatic amines is 1. The summed E-state index contributed by atoms with van der Waals surface area (Å²) in [7, 11) is 1.66. The average molecular weight is 249 g/mol. The second-order valence-corrected chi connectivity index (χ2v) is 5.27. The molecule has 0 unspecified atom stereocenters. The summed E-state index contributed by atoms with van der Waals surface area (Å²) in [6, 6.07) is 3.97. The molecule has 1 N–H and O–H groups in total. The van der Waals surface area contributed by atoms with E-state index < -0.39 is 0 Å². The largest absolute Gasteiger partial charge is 0.497 e. The Morgan fingerprint density at radius 1 is 1.18 bits per heavy atom. The van der Waals surface area contributed by atoms with Crippen LogP contribution in [-0.4, -0.2) is 12.1 Å². The Hall–Kier alpha value is -1.55. The number of thiazole rings is 1. The molecule has 0 atom stereocenters. The van der Waals surface area contributed by atoms with Crippen LogP contribution < -0.4 is 9.61 Å². The summed E-state index contributed by atoms with van der Waals surface area (Å²) in [6.07, 6.45) is 0. The first-order chi connectivity index (χ1) is 8.02. The second-order valence-electron chi connectivity index (χ2n) is 4.08. The van der Waals surface area contributed by atoms with Crippen molar-refractivity contribution in [3.63, 3.8) is 0 Å². The lowest BCUT2D eigenvalue weighted by Crippen LogP contribution is -1.96. The zero-order chi connectivity index (χ0) is 12.6. The molecular weight excluding hydrogens is 234 g/mol. The van der Waals surface area contributed by atoms with E-state index in [2.05, 4.69) is 4.98 Å². The molecule has 0 spiro atoms. The zero-order valence-electron chi connectivity index (χ0n) is 10.4. The molecule has 2 aromatic rings. The Bertz CT molecular complexity index is 587. The molecule has 0 radical (unpaired) electrons. The Morgan fingerprint density at radius 2 is 1.76 bits per heavy atom. The summed E-state index contributed by atoms with van der Waals surface area (Å²) in [6.45, 7) is 6.02. The van der Waals surface area contributed by atoms with E-state index in [1.807, 2.05) is 32.9 Å². The van der Waals surface area contributed by atoms with Crippen molar-refractivity contribution in [1.29, 1.82) is 0 Å². The lowest BCUT2D eigenvalue weighted by Gasteiger charge is -2.11. The maximum Gasteiger partial charge on any atom is 0.305 e. The topological polar surface area (TPSA) is 42.1 Å². The molecule has 0 amide bonds. The van der Waals surface area contributed by atoms with Crippen LogP contribution in [0, 0.1) is 20.8 Å². The summed E-state index contributed by atoms with van der Waals surface area (Å²) >= 11 is 1.25. The van der Waals surface area contributed by atoms with Crippen LogP contribution in [0.2, 0.25) is 0 Å². The van der Waals surface area contributed by atoms with Crippen LogP contribution in [0.5, 0.6) is 5.75 Å². The van der Waals surface area contributed by atoms with Crippen LogP contribution >= 0.6 is 11.3 Å². The number of hydrogen-bond donors (Lipinski definition) is 1. The van der Waals surface area contributed by atoms with Crippen LogP contribution in [0.25, 0.3) is 11.3 Å². The standard InChI is InChI=1S/C13H15NO2S/c1-7-5-10(16-4)6-8(2)11(7)12-9(3)17-13(15)14-12/h5-6H,1-4H3,(H,14,15). The molecule has 90 valence electrons. The van der Waals surface area contributed by atoms with Crippen molar-refractivity contribution in [1.82, 2.24) is 4.98 Å². The van der Waals surface area contributed by atoms with Gasteiger partial charge in [-0.3, -0.25) is 4.79 Å². The van der Waals surface area contributed by atoms with Gasteiger partial charge < -0.3 is 9.72 Å². The summed E-state index contributed by atoms with van der Waals surface area (Å²) in [4.78, 5) is 15.3. The lowest BCUT2D eigenvalue weighted by atomic mass is 9.99. The highest BCUT2D eigenvalue weighted by atomic mass is 32.1. The van der Waals surface area contributed by atoms with Gasteiger partial charge in [-0.05, 0) is 44.0 Å². The first kappa shape index (κ1) is 11.9. The van der Waals surface area contributed by atoms with Gasteiger partial charge in [-0.2, -0.15) is 0 Å². The third-order valence-corrected chi connectivity index (χ3v) is 3.61. The van der Waals surface area contributed by atoms with Crippen molar-refractivity contribution in [2.45, 2.75) is 20.8 Å². The Balaban J connectivity index is 2.68. The quantitative estimate of drug-likeness (QED) is 0.889. The molecule has 4 heteroatoms. The minimum absolute atomic E-state index is 0.00730. The molecule has 0 aliphatic rings. The molecule has 0 saturated heterocycles. The molecule has 0 aliphatic heterocycles. The number of rotatable bonds is 2. The van der Waals surface area contributed by atoms with Crippen molar-refractivity contribution in [3.05, 3.63) is 37.8 Å². The molecule has 0 aliphatic carbocycles. The number of hydrogen-bond acceptors (Lipinski definition) is 3. The van der Waals surface area contributed by atoms with Gasteiger partial charge in [-0.25, -0.2) is 0 Å². The fraction of sp³-hybridized carbons (Fsp3) is 0.308. The highest BCUT2D eigenvalue weighted by Gasteiger charge is 2.13. The van der Waals surface area contributed by atoms with E-state index in [-0.39, 0.29) is 4.87 Å². The van der Waals surface area contributed by atoms with Crippen molar-refractivity contribution >= 4 is 11.3 Å². The van der Waals surface area contributed by atoms with Crippen LogP contribution in [0.15, 0.2) is 16.9 Å². The van der Waals surface area contributed by atoms with Crippen LogP contribution in [0.1, 0.15) is 16.0 Å². The van der Waals surface area contributed by atoms with E-state index in [4.69, 9.17) is 4.74 Å². The van der Waals surface area contributed by atoms with E-state index in [1.165, 1.54) is 11.3 Å². The zero-order valence-corrected chi connectivity index (χ0v) is 11.2. The minimum Gasteiger partial charge on any atom is -0.497 e. The normalized spacial score (nSPS) is 10.6. The number of ether oxygens (including phenoxy) is 1. The first-order valence-electron chi connectivity index (χ1n) is 5.38. The fourth-order valence-electron chi connectivity index (χ4n) is 2.08. The Morgan fingerprint density at radius 3 is 2.18 bits per heavy atom. The van der Waals surface area contributed by atoms with Gasteiger partial charge in [-0.15, -0.1) is 0 Å². The molecule has 1 aromatic carbocycles. The van der Waals surface area contributed by atoms with Gasteiger partial charge >= 0.3 is 4.87 Å². The Labute approximate surface area is 104 Å². The van der Waals surface area contributed by atoms with E-state index in [1.54, 1.807) is 7.11 Å². The van der Waals surface area contributed by atoms with Gasteiger partial charge in [0.2, 0.25) is 0 Å². The van der Waals surface area contributed by atoms with E-state index in [0.29, 0.717) is 0 Å². The number of H-pyrrole nitrogens is 1. The summed E-state index contributed by atoms with van der Waals surface area (Å²) in [5, 5.41) is 0. The van der Waals surface area contributed by atoms with Crippen molar-refractivity contribution < 1.29 is 4.74 Å². The summed E-state index contributed by atoms with van der Waals surface area (Å²) in [5.74, 6) is 0.846. The predicted octanol–water partition coefficient (Wildman–Crippen LogP) is 3.04. The highest BCUT2D eigenvalue weighted by Crippen LogP contribution is 2.32. The molecule has 2 rings (SSSR count). The molecule has 17 heavy (non-hydrogen) atoms. The number of nitrogens with one attached hydrogen (secondary N) is 1. The predicted molar refractivity (Wildman–Crippen MR) is 71.1 cm³/mol. The molecular formula is C13H15NO2S. The summed E-state index contributed by atoms with van der Waals surface area (Å²) in [5.41, 5.74) is 4.25. The third-order valence-electron chi connectivity index (χ3n) is 2.82. The first-order valence-corrected chi connectivity index (χ1v) is 6.20. The van der Waals surface area contributed by atoms with E-state index in [9.17, 15) is 4.79 Å². The van der Waals surface area contributed by atoms with E-state index >= 15 is 0 Å². The monoisotopic (exact) mass is 249 g/mol. The molecule has 0 bridgehead atoms. The molecule has 3 nitrogen and oxygen atoms in total. The average Bonchev–Trinajstić information content (AvgIpc) is 2.57. The van der Waals surface area contributed by atoms with Gasteiger partial charge in [-0.1, -0.05) is 11.3 Å². The third kappa shape index (κ3) is 2.13. The van der Waals surface area contributed by atoms with Crippen molar-refractivity contribution in [2.24, 2.45) is 0 Å². The van der Waals surface area contributed by atoms with Crippen molar-refractivity contribution in [3.8, 4) is 17.0 Å².